The van der Waals surface area contributed by atoms with Gasteiger partial charge in [0.2, 0.25) is 0 Å². The highest BCUT2D eigenvalue weighted by Crippen LogP contribution is 2.34. The highest BCUT2D eigenvalue weighted by atomic mass is 79.9. The molecule has 0 aliphatic rings. The van der Waals surface area contributed by atoms with E-state index < -0.39 is 0 Å². The summed E-state index contributed by atoms with van der Waals surface area (Å²) in [7, 11) is 1.62. The number of halogens is 2. The van der Waals surface area contributed by atoms with Crippen LogP contribution in [0.5, 0.6) is 5.75 Å². The van der Waals surface area contributed by atoms with E-state index in [-0.39, 0.29) is 12.6 Å². The summed E-state index contributed by atoms with van der Waals surface area (Å²) in [5.74, 6) is 0.807. The predicted octanol–water partition coefficient (Wildman–Crippen LogP) is 2.71. The minimum Gasteiger partial charge on any atom is -0.492 e. The molecule has 1 aromatic rings. The van der Waals surface area contributed by atoms with Crippen molar-refractivity contribution >= 4 is 31.9 Å². The first-order chi connectivity index (χ1) is 9.12. The molecule has 0 amide bonds. The van der Waals surface area contributed by atoms with Crippen LogP contribution in [-0.2, 0) is 11.3 Å². The zero-order valence-electron chi connectivity index (χ0n) is 11.1. The van der Waals surface area contributed by atoms with E-state index in [1.165, 1.54) is 0 Å². The molecule has 0 spiro atoms. The van der Waals surface area contributed by atoms with Crippen LogP contribution in [0.4, 0.5) is 0 Å². The minimum atomic E-state index is -0.0610. The van der Waals surface area contributed by atoms with Crippen LogP contribution >= 0.6 is 31.9 Å². The summed E-state index contributed by atoms with van der Waals surface area (Å²) in [6.07, 6.45) is 0. The van der Waals surface area contributed by atoms with Crippen LogP contribution < -0.4 is 10.1 Å². The number of aliphatic hydroxyl groups is 1. The van der Waals surface area contributed by atoms with Crippen LogP contribution in [0.25, 0.3) is 0 Å². The molecule has 6 heteroatoms. The van der Waals surface area contributed by atoms with E-state index in [2.05, 4.69) is 37.2 Å². The number of rotatable bonds is 8. The van der Waals surface area contributed by atoms with Crippen LogP contribution in [0.2, 0.25) is 0 Å². The molecular weight excluding hydrogens is 378 g/mol. The van der Waals surface area contributed by atoms with Gasteiger partial charge in [-0.05, 0) is 56.5 Å². The zero-order chi connectivity index (χ0) is 14.3. The molecular formula is C13H19Br2NO3. The van der Waals surface area contributed by atoms with Gasteiger partial charge >= 0.3 is 0 Å². The van der Waals surface area contributed by atoms with E-state index in [0.29, 0.717) is 19.8 Å². The monoisotopic (exact) mass is 395 g/mol. The van der Waals surface area contributed by atoms with Gasteiger partial charge in [-0.2, -0.15) is 0 Å². The molecule has 19 heavy (non-hydrogen) atoms. The molecule has 1 rings (SSSR count). The van der Waals surface area contributed by atoms with Crippen LogP contribution in [-0.4, -0.2) is 38.1 Å². The molecule has 108 valence electrons. The van der Waals surface area contributed by atoms with Gasteiger partial charge in [0.1, 0.15) is 5.75 Å². The lowest BCUT2D eigenvalue weighted by Gasteiger charge is -2.16. The van der Waals surface area contributed by atoms with Crippen molar-refractivity contribution in [1.82, 2.24) is 5.32 Å². The first kappa shape index (κ1) is 16.9. The fourth-order valence-corrected chi connectivity index (χ4v) is 3.15. The lowest BCUT2D eigenvalue weighted by atomic mass is 10.2. The summed E-state index contributed by atoms with van der Waals surface area (Å²) in [6.45, 7) is 3.75. The van der Waals surface area contributed by atoms with Gasteiger partial charge in [-0.25, -0.2) is 0 Å². The Bertz CT molecular complexity index is 378. The van der Waals surface area contributed by atoms with Crippen molar-refractivity contribution in [3.05, 3.63) is 26.6 Å². The van der Waals surface area contributed by atoms with Gasteiger partial charge in [-0.3, -0.25) is 0 Å². The normalized spacial score (nSPS) is 12.5. The maximum absolute atomic E-state index is 9.18. The highest BCUT2D eigenvalue weighted by Gasteiger charge is 2.10. The zero-order valence-corrected chi connectivity index (χ0v) is 14.3. The Morgan fingerprint density at radius 1 is 1.32 bits per heavy atom. The molecule has 0 aliphatic carbocycles. The molecule has 0 radical (unpaired) electrons. The topological polar surface area (TPSA) is 50.7 Å². The number of benzene rings is 1. The Morgan fingerprint density at radius 3 is 2.42 bits per heavy atom. The van der Waals surface area contributed by atoms with E-state index in [1.54, 1.807) is 7.11 Å². The molecule has 1 aromatic carbocycles. The second-order valence-corrected chi connectivity index (χ2v) is 5.75. The van der Waals surface area contributed by atoms with E-state index in [1.807, 2.05) is 19.1 Å². The Morgan fingerprint density at radius 2 is 1.95 bits per heavy atom. The van der Waals surface area contributed by atoms with E-state index in [0.717, 1.165) is 20.3 Å². The van der Waals surface area contributed by atoms with Crippen molar-refractivity contribution in [3.8, 4) is 5.75 Å². The SMILES string of the molecule is CCOc1c(Br)cc(CNC(CO)COC)cc1Br. The molecule has 2 N–H and O–H groups in total. The van der Waals surface area contributed by atoms with Crippen molar-refractivity contribution < 1.29 is 14.6 Å². The Labute approximate surface area is 130 Å². The number of methoxy groups -OCH3 is 1. The summed E-state index contributed by atoms with van der Waals surface area (Å²) < 4.78 is 12.4. The maximum atomic E-state index is 9.18. The molecule has 0 fully saturated rings. The fourth-order valence-electron chi connectivity index (χ4n) is 1.64. The average Bonchev–Trinajstić information content (AvgIpc) is 2.38. The number of aliphatic hydroxyl groups excluding tert-OH is 1. The second kappa shape index (κ2) is 8.92. The first-order valence-electron chi connectivity index (χ1n) is 6.06. The van der Waals surface area contributed by atoms with E-state index >= 15 is 0 Å². The lowest BCUT2D eigenvalue weighted by molar-refractivity contribution is 0.128. The second-order valence-electron chi connectivity index (χ2n) is 4.04. The van der Waals surface area contributed by atoms with Crippen molar-refractivity contribution in [2.24, 2.45) is 0 Å². The predicted molar refractivity (Wildman–Crippen MR) is 82.6 cm³/mol. The van der Waals surface area contributed by atoms with Gasteiger partial charge in [0.05, 0.1) is 34.8 Å². The third-order valence-electron chi connectivity index (χ3n) is 2.53. The van der Waals surface area contributed by atoms with Gasteiger partial charge in [-0.1, -0.05) is 0 Å². The molecule has 0 saturated carbocycles. The lowest BCUT2D eigenvalue weighted by Crippen LogP contribution is -2.35. The third kappa shape index (κ3) is 5.39. The van der Waals surface area contributed by atoms with Gasteiger partial charge in [0.15, 0.2) is 0 Å². The molecule has 1 unspecified atom stereocenters. The van der Waals surface area contributed by atoms with Gasteiger partial charge in [-0.15, -0.1) is 0 Å². The standard InChI is InChI=1S/C13H19Br2NO3/c1-3-19-13-11(14)4-9(5-12(13)15)6-16-10(7-17)8-18-2/h4-5,10,16-17H,3,6-8H2,1-2H3. The molecule has 0 heterocycles. The van der Waals surface area contributed by atoms with Crippen molar-refractivity contribution in [2.45, 2.75) is 19.5 Å². The smallest absolute Gasteiger partial charge is 0.147 e. The summed E-state index contributed by atoms with van der Waals surface area (Å²) in [5.41, 5.74) is 1.09. The Kier molecular flexibility index (Phi) is 7.94. The average molecular weight is 397 g/mol. The number of nitrogens with one attached hydrogen (secondary N) is 1. The number of ether oxygens (including phenoxy) is 2. The summed E-state index contributed by atoms with van der Waals surface area (Å²) in [5, 5.41) is 12.4. The van der Waals surface area contributed by atoms with Crippen molar-refractivity contribution in [2.75, 3.05) is 26.9 Å². The highest BCUT2D eigenvalue weighted by molar-refractivity contribution is 9.11. The largest absolute Gasteiger partial charge is 0.492 e. The van der Waals surface area contributed by atoms with Gasteiger partial charge < -0.3 is 19.9 Å². The molecule has 0 saturated heterocycles. The minimum absolute atomic E-state index is 0.0488. The maximum Gasteiger partial charge on any atom is 0.147 e. The molecule has 0 aromatic heterocycles. The van der Waals surface area contributed by atoms with Crippen LogP contribution in [0.1, 0.15) is 12.5 Å². The fraction of sp³-hybridized carbons (Fsp3) is 0.538. The summed E-state index contributed by atoms with van der Waals surface area (Å²) in [6, 6.07) is 3.95. The van der Waals surface area contributed by atoms with E-state index in [4.69, 9.17) is 9.47 Å². The summed E-state index contributed by atoms with van der Waals surface area (Å²) >= 11 is 6.99. The molecule has 0 bridgehead atoms. The van der Waals surface area contributed by atoms with Gasteiger partial charge in [0, 0.05) is 13.7 Å². The summed E-state index contributed by atoms with van der Waals surface area (Å²) in [4.78, 5) is 0. The molecule has 0 aliphatic heterocycles. The van der Waals surface area contributed by atoms with Crippen LogP contribution in [0.3, 0.4) is 0 Å². The van der Waals surface area contributed by atoms with Gasteiger partial charge in [0.25, 0.3) is 0 Å². The molecule has 4 nitrogen and oxygen atoms in total. The first-order valence-corrected chi connectivity index (χ1v) is 7.64. The Hall–Kier alpha value is -0.140. The number of hydrogen-bond donors (Lipinski definition) is 2. The van der Waals surface area contributed by atoms with Crippen molar-refractivity contribution in [3.63, 3.8) is 0 Å². The number of hydrogen-bond acceptors (Lipinski definition) is 4. The third-order valence-corrected chi connectivity index (χ3v) is 3.71. The molecule has 1 atom stereocenters. The van der Waals surface area contributed by atoms with Crippen molar-refractivity contribution in [1.29, 1.82) is 0 Å². The van der Waals surface area contributed by atoms with E-state index in [9.17, 15) is 5.11 Å². The van der Waals surface area contributed by atoms with Crippen LogP contribution in [0, 0.1) is 0 Å². The van der Waals surface area contributed by atoms with Crippen LogP contribution in [0.15, 0.2) is 21.1 Å². The quantitative estimate of drug-likeness (QED) is 0.709. The Balaban J connectivity index is 2.69.